The molecule has 4 rings (SSSR count). The van der Waals surface area contributed by atoms with Crippen molar-refractivity contribution in [2.45, 2.75) is 11.8 Å². The van der Waals surface area contributed by atoms with Crippen molar-refractivity contribution >= 4 is 38.4 Å². The first-order valence-electron chi connectivity index (χ1n) is 9.40. The van der Waals surface area contributed by atoms with Gasteiger partial charge in [0.1, 0.15) is 5.75 Å². The number of aromatic nitrogens is 2. The van der Waals surface area contributed by atoms with Crippen molar-refractivity contribution in [3.05, 3.63) is 78.9 Å². The standard InChI is InChI=1S/C22H20N4O3S/c1-2-29-17-14-12-16(13-15-17)23-21-22(25-20-11-7-6-10-19(20)24-21)26-30(27,28)18-8-4-3-5-9-18/h3-15H,2H2,1H3,(H,23,24)(H,25,26). The maximum Gasteiger partial charge on any atom is 0.263 e. The number of nitrogens with one attached hydrogen (secondary N) is 2. The third-order valence-electron chi connectivity index (χ3n) is 4.28. The molecule has 0 saturated carbocycles. The Morgan fingerprint density at radius 2 is 1.40 bits per heavy atom. The lowest BCUT2D eigenvalue weighted by Gasteiger charge is -2.14. The van der Waals surface area contributed by atoms with E-state index < -0.39 is 10.0 Å². The van der Waals surface area contributed by atoms with Gasteiger partial charge in [0.25, 0.3) is 10.0 Å². The molecule has 0 saturated heterocycles. The molecule has 0 radical (unpaired) electrons. The first-order chi connectivity index (χ1) is 14.5. The number of para-hydroxylation sites is 2. The highest BCUT2D eigenvalue weighted by Gasteiger charge is 2.18. The van der Waals surface area contributed by atoms with Crippen LogP contribution in [0.1, 0.15) is 6.92 Å². The lowest BCUT2D eigenvalue weighted by Crippen LogP contribution is -2.16. The molecule has 2 N–H and O–H groups in total. The van der Waals surface area contributed by atoms with E-state index in [1.807, 2.05) is 49.4 Å². The molecule has 30 heavy (non-hydrogen) atoms. The summed E-state index contributed by atoms with van der Waals surface area (Å²) in [6, 6.07) is 22.7. The van der Waals surface area contributed by atoms with E-state index in [0.29, 0.717) is 23.5 Å². The van der Waals surface area contributed by atoms with Gasteiger partial charge in [0.15, 0.2) is 11.6 Å². The monoisotopic (exact) mass is 420 g/mol. The Morgan fingerprint density at radius 1 is 0.800 bits per heavy atom. The van der Waals surface area contributed by atoms with Crippen LogP contribution >= 0.6 is 0 Å². The topological polar surface area (TPSA) is 93.2 Å². The number of fused-ring (bicyclic) bond motifs is 1. The molecule has 0 atom stereocenters. The molecule has 0 aliphatic carbocycles. The van der Waals surface area contributed by atoms with Gasteiger partial charge in [-0.25, -0.2) is 18.4 Å². The van der Waals surface area contributed by atoms with Gasteiger partial charge in [-0.2, -0.15) is 0 Å². The van der Waals surface area contributed by atoms with Crippen LogP contribution in [0.25, 0.3) is 11.0 Å². The maximum atomic E-state index is 12.8. The van der Waals surface area contributed by atoms with Crippen molar-refractivity contribution in [2.75, 3.05) is 16.6 Å². The lowest BCUT2D eigenvalue weighted by atomic mass is 10.3. The average Bonchev–Trinajstić information content (AvgIpc) is 2.76. The van der Waals surface area contributed by atoms with Gasteiger partial charge in [0, 0.05) is 5.69 Å². The SMILES string of the molecule is CCOc1ccc(Nc2nc3ccccc3nc2NS(=O)(=O)c2ccccc2)cc1. The third kappa shape index (κ3) is 4.33. The minimum atomic E-state index is -3.82. The summed E-state index contributed by atoms with van der Waals surface area (Å²) in [5.41, 5.74) is 1.96. The van der Waals surface area contributed by atoms with Crippen molar-refractivity contribution in [1.29, 1.82) is 0 Å². The quantitative estimate of drug-likeness (QED) is 0.455. The highest BCUT2D eigenvalue weighted by Crippen LogP contribution is 2.27. The van der Waals surface area contributed by atoms with E-state index in [1.165, 1.54) is 12.1 Å². The molecule has 0 unspecified atom stereocenters. The van der Waals surface area contributed by atoms with E-state index in [0.717, 1.165) is 11.4 Å². The molecule has 8 heteroatoms. The molecule has 3 aromatic carbocycles. The zero-order chi connectivity index (χ0) is 21.0. The summed E-state index contributed by atoms with van der Waals surface area (Å²) >= 11 is 0. The van der Waals surface area contributed by atoms with Crippen LogP contribution in [-0.2, 0) is 10.0 Å². The third-order valence-corrected chi connectivity index (χ3v) is 5.64. The molecule has 0 aliphatic rings. The van der Waals surface area contributed by atoms with Gasteiger partial charge in [0.05, 0.1) is 22.5 Å². The van der Waals surface area contributed by atoms with Gasteiger partial charge in [-0.3, -0.25) is 4.72 Å². The fourth-order valence-corrected chi connectivity index (χ4v) is 3.91. The predicted molar refractivity (Wildman–Crippen MR) is 118 cm³/mol. The summed E-state index contributed by atoms with van der Waals surface area (Å²) in [6.07, 6.45) is 0. The number of sulfonamides is 1. The second-order valence-electron chi connectivity index (χ2n) is 6.41. The first kappa shape index (κ1) is 19.7. The minimum Gasteiger partial charge on any atom is -0.494 e. The van der Waals surface area contributed by atoms with E-state index in [1.54, 1.807) is 24.3 Å². The molecular formula is C22H20N4O3S. The van der Waals surface area contributed by atoms with E-state index in [9.17, 15) is 8.42 Å². The molecule has 7 nitrogen and oxygen atoms in total. The fraction of sp³-hybridized carbons (Fsp3) is 0.0909. The molecule has 0 fully saturated rings. The van der Waals surface area contributed by atoms with Crippen LogP contribution in [0.2, 0.25) is 0 Å². The predicted octanol–water partition coefficient (Wildman–Crippen LogP) is 4.57. The van der Waals surface area contributed by atoms with Gasteiger partial charge in [-0.15, -0.1) is 0 Å². The smallest absolute Gasteiger partial charge is 0.263 e. The Kier molecular flexibility index (Phi) is 5.49. The van der Waals surface area contributed by atoms with Gasteiger partial charge in [-0.1, -0.05) is 30.3 Å². The number of rotatable bonds is 7. The molecule has 1 aromatic heterocycles. The Morgan fingerprint density at radius 3 is 2.03 bits per heavy atom. The largest absolute Gasteiger partial charge is 0.494 e. The molecule has 152 valence electrons. The number of hydrogen-bond donors (Lipinski definition) is 2. The second-order valence-corrected chi connectivity index (χ2v) is 8.09. The number of hydrogen-bond acceptors (Lipinski definition) is 6. The van der Waals surface area contributed by atoms with Crippen LogP contribution in [0.5, 0.6) is 5.75 Å². The summed E-state index contributed by atoms with van der Waals surface area (Å²) in [6.45, 7) is 2.50. The van der Waals surface area contributed by atoms with Crippen LogP contribution in [0.15, 0.2) is 83.8 Å². The van der Waals surface area contributed by atoms with E-state index in [2.05, 4.69) is 20.0 Å². The van der Waals surface area contributed by atoms with Crippen molar-refractivity contribution in [3.63, 3.8) is 0 Å². The number of benzene rings is 3. The van der Waals surface area contributed by atoms with Gasteiger partial charge in [0.2, 0.25) is 0 Å². The summed E-state index contributed by atoms with van der Waals surface area (Å²) < 4.78 is 33.7. The van der Waals surface area contributed by atoms with Crippen LogP contribution < -0.4 is 14.8 Å². The van der Waals surface area contributed by atoms with E-state index >= 15 is 0 Å². The Bertz CT molecular complexity index is 1260. The number of ether oxygens (including phenoxy) is 1. The van der Waals surface area contributed by atoms with Crippen molar-refractivity contribution in [2.24, 2.45) is 0 Å². The van der Waals surface area contributed by atoms with Crippen LogP contribution in [-0.4, -0.2) is 25.0 Å². The molecule has 4 aromatic rings. The number of nitrogens with zero attached hydrogens (tertiary/aromatic N) is 2. The van der Waals surface area contributed by atoms with Crippen LogP contribution in [0.3, 0.4) is 0 Å². The molecule has 1 heterocycles. The van der Waals surface area contributed by atoms with E-state index in [-0.39, 0.29) is 10.7 Å². The molecule has 0 aliphatic heterocycles. The summed E-state index contributed by atoms with van der Waals surface area (Å²) in [5, 5.41) is 3.15. The van der Waals surface area contributed by atoms with Crippen molar-refractivity contribution < 1.29 is 13.2 Å². The molecule has 0 bridgehead atoms. The number of anilines is 3. The zero-order valence-electron chi connectivity index (χ0n) is 16.2. The van der Waals surface area contributed by atoms with Crippen molar-refractivity contribution in [1.82, 2.24) is 9.97 Å². The van der Waals surface area contributed by atoms with Crippen LogP contribution in [0.4, 0.5) is 17.3 Å². The molecule has 0 spiro atoms. The summed E-state index contributed by atoms with van der Waals surface area (Å²) in [5.74, 6) is 1.17. The van der Waals surface area contributed by atoms with Gasteiger partial charge < -0.3 is 10.1 Å². The lowest BCUT2D eigenvalue weighted by molar-refractivity contribution is 0.340. The summed E-state index contributed by atoms with van der Waals surface area (Å²) in [7, 11) is -3.82. The highest BCUT2D eigenvalue weighted by molar-refractivity contribution is 7.92. The minimum absolute atomic E-state index is 0.117. The average molecular weight is 420 g/mol. The Labute approximate surface area is 174 Å². The molecule has 0 amide bonds. The summed E-state index contributed by atoms with van der Waals surface area (Å²) in [4.78, 5) is 9.21. The van der Waals surface area contributed by atoms with Crippen LogP contribution in [0, 0.1) is 0 Å². The normalized spacial score (nSPS) is 11.2. The first-order valence-corrected chi connectivity index (χ1v) is 10.9. The molecular weight excluding hydrogens is 400 g/mol. The zero-order valence-corrected chi connectivity index (χ0v) is 17.1. The highest BCUT2D eigenvalue weighted by atomic mass is 32.2. The van der Waals surface area contributed by atoms with Crippen molar-refractivity contribution in [3.8, 4) is 5.75 Å². The van der Waals surface area contributed by atoms with Gasteiger partial charge in [-0.05, 0) is 55.5 Å². The Hall–Kier alpha value is -3.65. The fourth-order valence-electron chi connectivity index (χ4n) is 2.88. The van der Waals surface area contributed by atoms with E-state index in [4.69, 9.17) is 4.74 Å². The Balaban J connectivity index is 1.72. The van der Waals surface area contributed by atoms with Gasteiger partial charge >= 0.3 is 0 Å². The second kappa shape index (κ2) is 8.38. The maximum absolute atomic E-state index is 12.8.